The SMILES string of the molecule is CC(=O)Oc1cc(-c2ccccc2)ccc1-c1ccc2c(n1)CCCC2=O. The Morgan fingerprint density at radius 1 is 0.926 bits per heavy atom. The van der Waals surface area contributed by atoms with Crippen LogP contribution in [0.15, 0.2) is 60.7 Å². The quantitative estimate of drug-likeness (QED) is 0.496. The van der Waals surface area contributed by atoms with Crippen molar-refractivity contribution in [2.75, 3.05) is 0 Å². The number of rotatable bonds is 3. The van der Waals surface area contributed by atoms with Gasteiger partial charge in [-0.15, -0.1) is 0 Å². The maximum absolute atomic E-state index is 12.0. The number of ketones is 1. The lowest BCUT2D eigenvalue weighted by Gasteiger charge is -2.16. The summed E-state index contributed by atoms with van der Waals surface area (Å²) in [4.78, 5) is 28.4. The summed E-state index contributed by atoms with van der Waals surface area (Å²) < 4.78 is 5.48. The van der Waals surface area contributed by atoms with Crippen molar-refractivity contribution in [1.29, 1.82) is 0 Å². The van der Waals surface area contributed by atoms with Gasteiger partial charge in [0.2, 0.25) is 0 Å². The molecule has 0 spiro atoms. The highest BCUT2D eigenvalue weighted by Crippen LogP contribution is 2.34. The number of pyridine rings is 1. The molecule has 0 aliphatic heterocycles. The maximum Gasteiger partial charge on any atom is 0.308 e. The molecule has 0 saturated heterocycles. The molecule has 0 atom stereocenters. The molecule has 0 bridgehead atoms. The number of carbonyl (C=O) groups excluding carboxylic acids is 2. The number of aryl methyl sites for hydroxylation is 1. The normalized spacial score (nSPS) is 13.1. The van der Waals surface area contributed by atoms with E-state index in [4.69, 9.17) is 9.72 Å². The van der Waals surface area contributed by atoms with Crippen molar-refractivity contribution in [3.05, 3.63) is 71.9 Å². The zero-order valence-corrected chi connectivity index (χ0v) is 15.1. The number of carbonyl (C=O) groups is 2. The van der Waals surface area contributed by atoms with E-state index in [2.05, 4.69) is 0 Å². The van der Waals surface area contributed by atoms with Crippen LogP contribution in [0.25, 0.3) is 22.4 Å². The van der Waals surface area contributed by atoms with Crippen LogP contribution < -0.4 is 4.74 Å². The van der Waals surface area contributed by atoms with E-state index in [9.17, 15) is 9.59 Å². The number of hydrogen-bond donors (Lipinski definition) is 0. The predicted octanol–water partition coefficient (Wildman–Crippen LogP) is 4.86. The fourth-order valence-corrected chi connectivity index (χ4v) is 3.43. The summed E-state index contributed by atoms with van der Waals surface area (Å²) >= 11 is 0. The molecule has 134 valence electrons. The van der Waals surface area contributed by atoms with E-state index in [0.717, 1.165) is 35.2 Å². The number of benzene rings is 2. The summed E-state index contributed by atoms with van der Waals surface area (Å²) in [6.45, 7) is 1.39. The average Bonchev–Trinajstić information content (AvgIpc) is 2.68. The summed E-state index contributed by atoms with van der Waals surface area (Å²) in [6, 6.07) is 19.3. The number of hydrogen-bond acceptors (Lipinski definition) is 4. The molecule has 0 saturated carbocycles. The zero-order valence-electron chi connectivity index (χ0n) is 15.1. The van der Waals surface area contributed by atoms with Crippen LogP contribution in [0.5, 0.6) is 5.75 Å². The Hall–Kier alpha value is -3.27. The highest BCUT2D eigenvalue weighted by molar-refractivity contribution is 5.98. The Kier molecular flexibility index (Phi) is 4.55. The smallest absolute Gasteiger partial charge is 0.308 e. The third-order valence-electron chi connectivity index (χ3n) is 4.71. The first-order chi connectivity index (χ1) is 13.1. The van der Waals surface area contributed by atoms with Gasteiger partial charge in [0.15, 0.2) is 5.78 Å². The third-order valence-corrected chi connectivity index (χ3v) is 4.71. The molecule has 0 fully saturated rings. The number of fused-ring (bicyclic) bond motifs is 1. The summed E-state index contributed by atoms with van der Waals surface area (Å²) in [6.07, 6.45) is 2.20. The standard InChI is InChI=1S/C23H19NO3/c1-15(25)27-23-14-17(16-6-3-2-4-7-16)10-11-19(23)21-13-12-18-20(24-21)8-5-9-22(18)26/h2-4,6-7,10-14H,5,8-9H2,1H3. The first-order valence-electron chi connectivity index (χ1n) is 9.03. The van der Waals surface area contributed by atoms with E-state index in [0.29, 0.717) is 23.4 Å². The predicted molar refractivity (Wildman–Crippen MR) is 104 cm³/mol. The van der Waals surface area contributed by atoms with Gasteiger partial charge in [-0.1, -0.05) is 36.4 Å². The van der Waals surface area contributed by atoms with Gasteiger partial charge in [0.1, 0.15) is 5.75 Å². The Morgan fingerprint density at radius 2 is 1.70 bits per heavy atom. The van der Waals surface area contributed by atoms with Gasteiger partial charge in [-0.25, -0.2) is 0 Å². The molecule has 0 radical (unpaired) electrons. The zero-order chi connectivity index (χ0) is 18.8. The van der Waals surface area contributed by atoms with Gasteiger partial charge >= 0.3 is 5.97 Å². The van der Waals surface area contributed by atoms with Crippen LogP contribution in [0.2, 0.25) is 0 Å². The van der Waals surface area contributed by atoms with Crippen LogP contribution in [0.3, 0.4) is 0 Å². The minimum Gasteiger partial charge on any atom is -0.426 e. The molecule has 2 aromatic carbocycles. The molecule has 1 aromatic heterocycles. The monoisotopic (exact) mass is 357 g/mol. The summed E-state index contributed by atoms with van der Waals surface area (Å²) in [5, 5.41) is 0. The fraction of sp³-hybridized carbons (Fsp3) is 0.174. The Labute approximate surface area is 157 Å². The lowest BCUT2D eigenvalue weighted by Crippen LogP contribution is -2.13. The van der Waals surface area contributed by atoms with E-state index in [1.165, 1.54) is 6.92 Å². The van der Waals surface area contributed by atoms with Crippen LogP contribution in [0, 0.1) is 0 Å². The molecule has 1 heterocycles. The minimum atomic E-state index is -0.380. The van der Waals surface area contributed by atoms with E-state index in [1.807, 2.05) is 60.7 Å². The largest absolute Gasteiger partial charge is 0.426 e. The number of Topliss-reactive ketones (excluding diaryl/α,β-unsaturated/α-hetero) is 1. The van der Waals surface area contributed by atoms with Crippen LogP contribution in [0.4, 0.5) is 0 Å². The molecule has 4 nitrogen and oxygen atoms in total. The molecule has 3 aromatic rings. The van der Waals surface area contributed by atoms with Crippen LogP contribution in [0.1, 0.15) is 35.8 Å². The molecular formula is C23H19NO3. The van der Waals surface area contributed by atoms with E-state index in [-0.39, 0.29) is 11.8 Å². The molecule has 0 N–H and O–H groups in total. The van der Waals surface area contributed by atoms with E-state index < -0.39 is 0 Å². The molecule has 0 unspecified atom stereocenters. The summed E-state index contributed by atoms with van der Waals surface area (Å²) in [5.41, 5.74) is 4.99. The van der Waals surface area contributed by atoms with Gasteiger partial charge in [-0.2, -0.15) is 0 Å². The molecule has 0 amide bonds. The van der Waals surface area contributed by atoms with Crippen molar-refractivity contribution in [1.82, 2.24) is 4.98 Å². The molecular weight excluding hydrogens is 338 g/mol. The highest BCUT2D eigenvalue weighted by Gasteiger charge is 2.20. The molecule has 4 heteroatoms. The first-order valence-corrected chi connectivity index (χ1v) is 9.03. The highest BCUT2D eigenvalue weighted by atomic mass is 16.5. The second kappa shape index (κ2) is 7.16. The maximum atomic E-state index is 12.0. The number of aromatic nitrogens is 1. The fourth-order valence-electron chi connectivity index (χ4n) is 3.43. The van der Waals surface area contributed by atoms with Crippen molar-refractivity contribution >= 4 is 11.8 Å². The topological polar surface area (TPSA) is 56.3 Å². The molecule has 1 aliphatic rings. The van der Waals surface area contributed by atoms with E-state index in [1.54, 1.807) is 0 Å². The lowest BCUT2D eigenvalue weighted by atomic mass is 9.93. The number of esters is 1. The molecule has 4 rings (SSSR count). The summed E-state index contributed by atoms with van der Waals surface area (Å²) in [5.74, 6) is 0.239. The Morgan fingerprint density at radius 3 is 2.48 bits per heavy atom. The van der Waals surface area contributed by atoms with Crippen molar-refractivity contribution in [2.45, 2.75) is 26.2 Å². The van der Waals surface area contributed by atoms with Gasteiger partial charge in [0, 0.05) is 24.5 Å². The first kappa shape index (κ1) is 17.2. The van der Waals surface area contributed by atoms with E-state index >= 15 is 0 Å². The number of ether oxygens (including phenoxy) is 1. The lowest BCUT2D eigenvalue weighted by molar-refractivity contribution is -0.131. The second-order valence-corrected chi connectivity index (χ2v) is 6.64. The van der Waals surface area contributed by atoms with Crippen LogP contribution >= 0.6 is 0 Å². The van der Waals surface area contributed by atoms with Gasteiger partial charge in [0.25, 0.3) is 0 Å². The van der Waals surface area contributed by atoms with Gasteiger partial charge in [-0.3, -0.25) is 14.6 Å². The van der Waals surface area contributed by atoms with Crippen molar-refractivity contribution in [2.24, 2.45) is 0 Å². The molecule has 1 aliphatic carbocycles. The summed E-state index contributed by atoms with van der Waals surface area (Å²) in [7, 11) is 0. The number of nitrogens with zero attached hydrogens (tertiary/aromatic N) is 1. The molecule has 27 heavy (non-hydrogen) atoms. The van der Waals surface area contributed by atoms with Gasteiger partial charge in [0.05, 0.1) is 11.4 Å². The Bertz CT molecular complexity index is 1030. The van der Waals surface area contributed by atoms with Crippen LogP contribution in [-0.4, -0.2) is 16.7 Å². The van der Waals surface area contributed by atoms with Crippen molar-refractivity contribution < 1.29 is 14.3 Å². The Balaban J connectivity index is 1.80. The van der Waals surface area contributed by atoms with Crippen molar-refractivity contribution in [3.8, 4) is 28.1 Å². The second-order valence-electron chi connectivity index (χ2n) is 6.64. The van der Waals surface area contributed by atoms with Crippen molar-refractivity contribution in [3.63, 3.8) is 0 Å². The van der Waals surface area contributed by atoms with Gasteiger partial charge < -0.3 is 4.74 Å². The minimum absolute atomic E-state index is 0.148. The average molecular weight is 357 g/mol. The third kappa shape index (κ3) is 3.51. The van der Waals surface area contributed by atoms with Crippen LogP contribution in [-0.2, 0) is 11.2 Å². The van der Waals surface area contributed by atoms with Gasteiger partial charge in [-0.05, 0) is 48.2 Å².